The van der Waals surface area contributed by atoms with E-state index < -0.39 is 0 Å². The third kappa shape index (κ3) is 4.67. The zero-order valence-electron chi connectivity index (χ0n) is 13.9. The van der Waals surface area contributed by atoms with E-state index >= 15 is 0 Å². The van der Waals surface area contributed by atoms with E-state index in [1.807, 2.05) is 26.0 Å². The SMILES string of the molecule is C=CCN(Cc1cccc(C#N)c1)C(=O)NCc1nc(C)c(C)s1. The van der Waals surface area contributed by atoms with Crippen molar-refractivity contribution >= 4 is 17.4 Å². The van der Waals surface area contributed by atoms with E-state index in [-0.39, 0.29) is 6.03 Å². The molecule has 0 saturated carbocycles. The molecule has 0 aliphatic carbocycles. The van der Waals surface area contributed by atoms with Crippen LogP contribution in [0.2, 0.25) is 0 Å². The van der Waals surface area contributed by atoms with E-state index in [2.05, 4.69) is 22.9 Å². The summed E-state index contributed by atoms with van der Waals surface area (Å²) in [7, 11) is 0. The van der Waals surface area contributed by atoms with Crippen LogP contribution < -0.4 is 5.32 Å². The molecule has 1 heterocycles. The van der Waals surface area contributed by atoms with Crippen molar-refractivity contribution in [2.45, 2.75) is 26.9 Å². The highest BCUT2D eigenvalue weighted by Crippen LogP contribution is 2.16. The van der Waals surface area contributed by atoms with Gasteiger partial charge in [0.05, 0.1) is 23.9 Å². The summed E-state index contributed by atoms with van der Waals surface area (Å²) >= 11 is 1.59. The number of aromatic nitrogens is 1. The van der Waals surface area contributed by atoms with Crippen molar-refractivity contribution in [3.8, 4) is 6.07 Å². The highest BCUT2D eigenvalue weighted by Gasteiger charge is 2.13. The molecule has 0 fully saturated rings. The van der Waals surface area contributed by atoms with Crippen LogP contribution in [0.4, 0.5) is 4.79 Å². The van der Waals surface area contributed by atoms with E-state index in [9.17, 15) is 4.79 Å². The molecular weight excluding hydrogens is 320 g/mol. The molecule has 0 bridgehead atoms. The maximum Gasteiger partial charge on any atom is 0.318 e. The summed E-state index contributed by atoms with van der Waals surface area (Å²) in [6.45, 7) is 8.94. The van der Waals surface area contributed by atoms with E-state index in [1.165, 1.54) is 0 Å². The van der Waals surface area contributed by atoms with Crippen LogP contribution in [0.25, 0.3) is 0 Å². The molecule has 0 radical (unpaired) electrons. The van der Waals surface area contributed by atoms with Gasteiger partial charge in [-0.25, -0.2) is 9.78 Å². The predicted octanol–water partition coefficient (Wildman–Crippen LogP) is 3.53. The van der Waals surface area contributed by atoms with Crippen molar-refractivity contribution in [1.82, 2.24) is 15.2 Å². The van der Waals surface area contributed by atoms with Crippen molar-refractivity contribution in [1.29, 1.82) is 5.26 Å². The summed E-state index contributed by atoms with van der Waals surface area (Å²) < 4.78 is 0. The zero-order chi connectivity index (χ0) is 17.5. The number of rotatable bonds is 6. The Hall–Kier alpha value is -2.65. The molecule has 24 heavy (non-hydrogen) atoms. The predicted molar refractivity (Wildman–Crippen MR) is 95.6 cm³/mol. The first-order valence-electron chi connectivity index (χ1n) is 7.59. The van der Waals surface area contributed by atoms with Crippen molar-refractivity contribution in [3.63, 3.8) is 0 Å². The molecule has 6 heteroatoms. The Kier molecular flexibility index (Phi) is 6.10. The van der Waals surface area contributed by atoms with Gasteiger partial charge >= 0.3 is 6.03 Å². The Labute approximate surface area is 146 Å². The lowest BCUT2D eigenvalue weighted by Crippen LogP contribution is -2.39. The summed E-state index contributed by atoms with van der Waals surface area (Å²) in [6, 6.07) is 9.18. The Morgan fingerprint density at radius 1 is 1.50 bits per heavy atom. The fourth-order valence-electron chi connectivity index (χ4n) is 2.21. The minimum atomic E-state index is -0.178. The number of carbonyl (C=O) groups is 1. The molecule has 2 aromatic rings. The Morgan fingerprint density at radius 2 is 2.29 bits per heavy atom. The van der Waals surface area contributed by atoms with Gasteiger partial charge in [-0.3, -0.25) is 0 Å². The molecule has 0 unspecified atom stereocenters. The number of benzene rings is 1. The number of aryl methyl sites for hydroxylation is 2. The molecule has 2 amide bonds. The van der Waals surface area contributed by atoms with Crippen LogP contribution in [0.15, 0.2) is 36.9 Å². The second-order valence-corrected chi connectivity index (χ2v) is 6.68. The molecule has 1 N–H and O–H groups in total. The normalized spacial score (nSPS) is 10.0. The van der Waals surface area contributed by atoms with Gasteiger partial charge in [-0.1, -0.05) is 18.2 Å². The average Bonchev–Trinajstić information content (AvgIpc) is 2.90. The number of urea groups is 1. The largest absolute Gasteiger partial charge is 0.331 e. The van der Waals surface area contributed by atoms with Gasteiger partial charge in [0.15, 0.2) is 0 Å². The molecule has 0 spiro atoms. The number of amides is 2. The highest BCUT2D eigenvalue weighted by molar-refractivity contribution is 7.11. The van der Waals surface area contributed by atoms with Gasteiger partial charge < -0.3 is 10.2 Å². The van der Waals surface area contributed by atoms with Crippen LogP contribution in [0.5, 0.6) is 0 Å². The molecule has 2 rings (SSSR count). The van der Waals surface area contributed by atoms with E-state index in [4.69, 9.17) is 5.26 Å². The standard InChI is InChI=1S/C18H20N4OS/c1-4-8-22(12-16-7-5-6-15(9-16)10-19)18(23)20-11-17-21-13(2)14(3)24-17/h4-7,9H,1,8,11-12H2,2-3H3,(H,20,23). The fourth-order valence-corrected chi connectivity index (χ4v) is 3.09. The number of hydrogen-bond acceptors (Lipinski definition) is 4. The van der Waals surface area contributed by atoms with Crippen molar-refractivity contribution in [2.24, 2.45) is 0 Å². The number of nitrogens with one attached hydrogen (secondary N) is 1. The molecular formula is C18H20N4OS. The number of nitrogens with zero attached hydrogens (tertiary/aromatic N) is 3. The lowest BCUT2D eigenvalue weighted by atomic mass is 10.1. The second-order valence-electron chi connectivity index (χ2n) is 5.39. The second kappa shape index (κ2) is 8.27. The maximum atomic E-state index is 12.4. The summed E-state index contributed by atoms with van der Waals surface area (Å²) in [5.41, 5.74) is 2.49. The van der Waals surface area contributed by atoms with Crippen LogP contribution >= 0.6 is 11.3 Å². The Balaban J connectivity index is 2.01. The molecule has 0 saturated heterocycles. The minimum Gasteiger partial charge on any atom is -0.331 e. The summed E-state index contributed by atoms with van der Waals surface area (Å²) in [5, 5.41) is 12.8. The smallest absolute Gasteiger partial charge is 0.318 e. The van der Waals surface area contributed by atoms with E-state index in [1.54, 1.807) is 34.4 Å². The number of carbonyl (C=O) groups excluding carboxylic acids is 1. The minimum absolute atomic E-state index is 0.178. The molecule has 0 aliphatic rings. The number of hydrogen-bond donors (Lipinski definition) is 1. The quantitative estimate of drug-likeness (QED) is 0.818. The summed E-state index contributed by atoms with van der Waals surface area (Å²) in [4.78, 5) is 19.7. The van der Waals surface area contributed by atoms with Gasteiger partial charge in [-0.2, -0.15) is 5.26 Å². The Morgan fingerprint density at radius 3 is 2.92 bits per heavy atom. The molecule has 5 nitrogen and oxygen atoms in total. The first-order chi connectivity index (χ1) is 11.5. The Bertz CT molecular complexity index is 756. The van der Waals surface area contributed by atoms with Crippen LogP contribution in [-0.2, 0) is 13.1 Å². The van der Waals surface area contributed by atoms with Gasteiger partial charge in [0.1, 0.15) is 5.01 Å². The zero-order valence-corrected chi connectivity index (χ0v) is 14.7. The monoisotopic (exact) mass is 340 g/mol. The van der Waals surface area contributed by atoms with Gasteiger partial charge in [0, 0.05) is 18.0 Å². The summed E-state index contributed by atoms with van der Waals surface area (Å²) in [6.07, 6.45) is 1.69. The first kappa shape index (κ1) is 17.7. The van der Waals surface area contributed by atoms with Crippen LogP contribution in [0.1, 0.15) is 26.7 Å². The van der Waals surface area contributed by atoms with Crippen molar-refractivity contribution in [3.05, 3.63) is 63.6 Å². The van der Waals surface area contributed by atoms with E-state index in [0.717, 1.165) is 21.1 Å². The van der Waals surface area contributed by atoms with Crippen molar-refractivity contribution < 1.29 is 4.79 Å². The molecule has 0 atom stereocenters. The molecule has 0 aliphatic heterocycles. The maximum absolute atomic E-state index is 12.4. The lowest BCUT2D eigenvalue weighted by Gasteiger charge is -2.21. The summed E-state index contributed by atoms with van der Waals surface area (Å²) in [5.74, 6) is 0. The van der Waals surface area contributed by atoms with Crippen LogP contribution in [-0.4, -0.2) is 22.5 Å². The fraction of sp³-hybridized carbons (Fsp3) is 0.278. The third-order valence-corrected chi connectivity index (χ3v) is 4.60. The topological polar surface area (TPSA) is 69.0 Å². The van der Waals surface area contributed by atoms with Gasteiger partial charge in [-0.05, 0) is 31.5 Å². The highest BCUT2D eigenvalue weighted by atomic mass is 32.1. The molecule has 124 valence electrons. The average molecular weight is 340 g/mol. The van der Waals surface area contributed by atoms with Crippen LogP contribution in [0.3, 0.4) is 0 Å². The van der Waals surface area contributed by atoms with Crippen molar-refractivity contribution in [2.75, 3.05) is 6.54 Å². The lowest BCUT2D eigenvalue weighted by molar-refractivity contribution is 0.200. The first-order valence-corrected chi connectivity index (χ1v) is 8.40. The number of nitriles is 1. The molecule has 1 aromatic heterocycles. The van der Waals surface area contributed by atoms with Gasteiger partial charge in [0.25, 0.3) is 0 Å². The van der Waals surface area contributed by atoms with E-state index in [0.29, 0.717) is 25.2 Å². The van der Waals surface area contributed by atoms with Crippen LogP contribution in [0, 0.1) is 25.2 Å². The van der Waals surface area contributed by atoms with Gasteiger partial charge in [-0.15, -0.1) is 17.9 Å². The molecule has 1 aromatic carbocycles. The third-order valence-electron chi connectivity index (χ3n) is 3.53. The number of thiazole rings is 1. The van der Waals surface area contributed by atoms with Gasteiger partial charge in [0.2, 0.25) is 0 Å².